The van der Waals surface area contributed by atoms with Gasteiger partial charge < -0.3 is 14.8 Å². The number of benzene rings is 3. The fourth-order valence-electron chi connectivity index (χ4n) is 2.99. The van der Waals surface area contributed by atoms with Gasteiger partial charge in [0.25, 0.3) is 0 Å². The van der Waals surface area contributed by atoms with E-state index >= 15 is 0 Å². The van der Waals surface area contributed by atoms with Gasteiger partial charge in [-0.2, -0.15) is 0 Å². The fraction of sp³-hybridized carbons (Fsp3) is 0.227. The molecule has 0 aliphatic rings. The molecule has 3 aromatic carbocycles. The number of ether oxygens (including phenoxy) is 2. The van der Waals surface area contributed by atoms with Crippen LogP contribution in [0.5, 0.6) is 11.5 Å². The third-order valence-corrected chi connectivity index (χ3v) is 5.81. The number of hydrogen-bond donors (Lipinski definition) is 1. The summed E-state index contributed by atoms with van der Waals surface area (Å²) >= 11 is 0. The van der Waals surface area contributed by atoms with Gasteiger partial charge in [-0.1, -0.05) is 42.5 Å². The van der Waals surface area contributed by atoms with Crippen molar-refractivity contribution in [1.82, 2.24) is 5.32 Å². The van der Waals surface area contributed by atoms with Gasteiger partial charge in [-0.05, 0) is 40.6 Å². The summed E-state index contributed by atoms with van der Waals surface area (Å²) in [5.74, 6) is 0.0948. The molecule has 3 rings (SSSR count). The van der Waals surface area contributed by atoms with Crippen molar-refractivity contribution in [3.63, 3.8) is 0 Å². The summed E-state index contributed by atoms with van der Waals surface area (Å²) in [6.07, 6.45) is 0. The lowest BCUT2D eigenvalue weighted by Gasteiger charge is -2.10. The summed E-state index contributed by atoms with van der Waals surface area (Å²) in [5, 5.41) is 4.44. The average Bonchev–Trinajstić information content (AvgIpc) is 2.71. The van der Waals surface area contributed by atoms with Gasteiger partial charge in [0.2, 0.25) is 5.91 Å². The lowest BCUT2D eigenvalue weighted by Crippen LogP contribution is -2.33. The lowest BCUT2D eigenvalue weighted by molar-refractivity contribution is -0.118. The quantitative estimate of drug-likeness (QED) is 0.546. The van der Waals surface area contributed by atoms with Crippen LogP contribution in [-0.2, 0) is 20.4 Å². The first kappa shape index (κ1) is 20.7. The molecule has 0 aromatic heterocycles. The van der Waals surface area contributed by atoms with E-state index in [0.29, 0.717) is 11.3 Å². The number of nitrogens with one attached hydrogen (secondary N) is 1. The van der Waals surface area contributed by atoms with E-state index in [1.807, 2.05) is 36.4 Å². The number of carbonyl (C=O) groups excluding carboxylic acids is 1. The van der Waals surface area contributed by atoms with E-state index in [1.165, 1.54) is 0 Å². The number of rotatable bonds is 9. The molecule has 0 aliphatic carbocycles. The lowest BCUT2D eigenvalue weighted by atomic mass is 10.1. The van der Waals surface area contributed by atoms with Crippen molar-refractivity contribution in [3.8, 4) is 11.5 Å². The maximum absolute atomic E-state index is 12.5. The Labute approximate surface area is 170 Å². The first-order chi connectivity index (χ1) is 14.0. The Morgan fingerprint density at radius 3 is 2.38 bits per heavy atom. The van der Waals surface area contributed by atoms with Crippen LogP contribution in [0.4, 0.5) is 0 Å². The Morgan fingerprint density at radius 2 is 1.62 bits per heavy atom. The van der Waals surface area contributed by atoms with Crippen molar-refractivity contribution in [2.45, 2.75) is 5.75 Å². The standard InChI is InChI=1S/C22H23NO5S/c1-27-19-9-11-20(12-10-19)28-14-13-23-22(24)16-29(25,26)15-18-7-4-6-17-5-2-3-8-21(17)18/h2-12H,13-16H2,1H3,(H,23,24). The topological polar surface area (TPSA) is 81.7 Å². The average molecular weight is 413 g/mol. The molecule has 0 bridgehead atoms. The fourth-order valence-corrected chi connectivity index (χ4v) is 4.32. The zero-order chi connectivity index (χ0) is 20.7. The van der Waals surface area contributed by atoms with Gasteiger partial charge in [0.15, 0.2) is 9.84 Å². The van der Waals surface area contributed by atoms with E-state index in [0.717, 1.165) is 16.5 Å². The molecule has 0 heterocycles. The second kappa shape index (κ2) is 9.43. The Morgan fingerprint density at radius 1 is 0.931 bits per heavy atom. The molecular formula is C22H23NO5S. The predicted octanol–water partition coefficient (Wildman–Crippen LogP) is 2.96. The number of hydrogen-bond acceptors (Lipinski definition) is 5. The van der Waals surface area contributed by atoms with Crippen LogP contribution in [0.1, 0.15) is 5.56 Å². The third-order valence-electron chi connectivity index (χ3n) is 4.36. The zero-order valence-electron chi connectivity index (χ0n) is 16.1. The van der Waals surface area contributed by atoms with Gasteiger partial charge in [0.1, 0.15) is 23.9 Å². The summed E-state index contributed by atoms with van der Waals surface area (Å²) in [6, 6.07) is 20.2. The molecule has 6 nitrogen and oxygen atoms in total. The summed E-state index contributed by atoms with van der Waals surface area (Å²) in [5.41, 5.74) is 0.693. The molecule has 1 amide bonds. The molecule has 0 atom stereocenters. The van der Waals surface area contributed by atoms with Crippen LogP contribution in [0.2, 0.25) is 0 Å². The number of methoxy groups -OCH3 is 1. The van der Waals surface area contributed by atoms with E-state index in [4.69, 9.17) is 9.47 Å². The van der Waals surface area contributed by atoms with Crippen molar-refractivity contribution in [3.05, 3.63) is 72.3 Å². The summed E-state index contributed by atoms with van der Waals surface area (Å²) in [6.45, 7) is 0.454. The largest absolute Gasteiger partial charge is 0.497 e. The highest BCUT2D eigenvalue weighted by Crippen LogP contribution is 2.20. The SMILES string of the molecule is COc1ccc(OCCNC(=O)CS(=O)(=O)Cc2cccc3ccccc23)cc1. The van der Waals surface area contributed by atoms with Crippen LogP contribution in [0.25, 0.3) is 10.8 Å². The highest BCUT2D eigenvalue weighted by atomic mass is 32.2. The van der Waals surface area contributed by atoms with E-state index in [1.54, 1.807) is 37.4 Å². The molecular weight excluding hydrogens is 390 g/mol. The minimum atomic E-state index is -3.59. The smallest absolute Gasteiger partial charge is 0.235 e. The van der Waals surface area contributed by atoms with Crippen LogP contribution >= 0.6 is 0 Å². The van der Waals surface area contributed by atoms with Gasteiger partial charge in [-0.15, -0.1) is 0 Å². The molecule has 0 aliphatic heterocycles. The van der Waals surface area contributed by atoms with Crippen molar-refractivity contribution in [2.24, 2.45) is 0 Å². The molecule has 0 fully saturated rings. The van der Waals surface area contributed by atoms with Crippen molar-refractivity contribution in [1.29, 1.82) is 0 Å². The second-order valence-electron chi connectivity index (χ2n) is 6.54. The zero-order valence-corrected chi connectivity index (χ0v) is 16.9. The minimum absolute atomic E-state index is 0.176. The van der Waals surface area contributed by atoms with Gasteiger partial charge in [0, 0.05) is 0 Å². The van der Waals surface area contributed by atoms with E-state index in [9.17, 15) is 13.2 Å². The third kappa shape index (κ3) is 5.96. The van der Waals surface area contributed by atoms with Crippen LogP contribution in [0, 0.1) is 0 Å². The molecule has 29 heavy (non-hydrogen) atoms. The highest BCUT2D eigenvalue weighted by molar-refractivity contribution is 7.91. The normalized spacial score (nSPS) is 11.2. The molecule has 152 valence electrons. The van der Waals surface area contributed by atoms with Crippen molar-refractivity contribution < 1.29 is 22.7 Å². The molecule has 7 heteroatoms. The summed E-state index contributed by atoms with van der Waals surface area (Å²) < 4.78 is 35.5. The van der Waals surface area contributed by atoms with Gasteiger partial charge >= 0.3 is 0 Å². The van der Waals surface area contributed by atoms with Crippen LogP contribution in [0.15, 0.2) is 66.7 Å². The first-order valence-electron chi connectivity index (χ1n) is 9.17. The Hall–Kier alpha value is -3.06. The Balaban J connectivity index is 1.48. The maximum Gasteiger partial charge on any atom is 0.235 e. The summed E-state index contributed by atoms with van der Waals surface area (Å²) in [4.78, 5) is 12.0. The van der Waals surface area contributed by atoms with E-state index in [2.05, 4.69) is 5.32 Å². The molecule has 3 aromatic rings. The molecule has 0 radical (unpaired) electrons. The first-order valence-corrected chi connectivity index (χ1v) is 11.0. The highest BCUT2D eigenvalue weighted by Gasteiger charge is 2.18. The molecule has 0 spiro atoms. The number of sulfone groups is 1. The van der Waals surface area contributed by atoms with Gasteiger partial charge in [-0.25, -0.2) is 8.42 Å². The maximum atomic E-state index is 12.5. The van der Waals surface area contributed by atoms with Crippen LogP contribution in [-0.4, -0.2) is 40.3 Å². The summed E-state index contributed by atoms with van der Waals surface area (Å²) in [7, 11) is -2.01. The minimum Gasteiger partial charge on any atom is -0.497 e. The van der Waals surface area contributed by atoms with Gasteiger partial charge in [0.05, 0.1) is 19.4 Å². The number of amides is 1. The number of fused-ring (bicyclic) bond motifs is 1. The second-order valence-corrected chi connectivity index (χ2v) is 8.61. The van der Waals surface area contributed by atoms with E-state index in [-0.39, 0.29) is 18.9 Å². The predicted molar refractivity (Wildman–Crippen MR) is 113 cm³/mol. The van der Waals surface area contributed by atoms with Crippen molar-refractivity contribution in [2.75, 3.05) is 26.0 Å². The monoisotopic (exact) mass is 413 g/mol. The van der Waals surface area contributed by atoms with Crippen LogP contribution in [0.3, 0.4) is 0 Å². The van der Waals surface area contributed by atoms with Crippen LogP contribution < -0.4 is 14.8 Å². The molecule has 0 unspecified atom stereocenters. The molecule has 0 saturated carbocycles. The molecule has 1 N–H and O–H groups in total. The van der Waals surface area contributed by atoms with Gasteiger partial charge in [-0.3, -0.25) is 4.79 Å². The van der Waals surface area contributed by atoms with Crippen molar-refractivity contribution >= 4 is 26.5 Å². The van der Waals surface area contributed by atoms with E-state index < -0.39 is 21.5 Å². The Bertz CT molecular complexity index is 1070. The Kier molecular flexibility index (Phi) is 6.72. The number of carbonyl (C=O) groups is 1. The molecule has 0 saturated heterocycles.